The number of nitrogens with zero attached hydrogens (tertiary/aromatic N) is 4. The Labute approximate surface area is 140 Å². The molecular weight excluding hydrogens is 302 g/mol. The summed E-state index contributed by atoms with van der Waals surface area (Å²) < 4.78 is 1.69. The molecule has 1 N–H and O–H groups in total. The number of nitrogens with one attached hydrogen (secondary N) is 1. The monoisotopic (exact) mass is 321 g/mol. The molecule has 0 radical (unpaired) electrons. The van der Waals surface area contributed by atoms with Crippen LogP contribution >= 0.6 is 0 Å². The van der Waals surface area contributed by atoms with Crippen molar-refractivity contribution in [2.24, 2.45) is 0 Å². The van der Waals surface area contributed by atoms with Gasteiger partial charge in [0.05, 0.1) is 11.9 Å². The first-order valence-electron chi connectivity index (χ1n) is 7.66. The van der Waals surface area contributed by atoms with Crippen LogP contribution in [0.1, 0.15) is 36.7 Å². The van der Waals surface area contributed by atoms with E-state index in [0.29, 0.717) is 17.1 Å². The van der Waals surface area contributed by atoms with Gasteiger partial charge in [0.25, 0.3) is 5.91 Å². The molecule has 3 aromatic rings. The van der Waals surface area contributed by atoms with Crippen molar-refractivity contribution in [1.29, 1.82) is 0 Å². The number of carbonyl (C=O) groups excluding carboxylic acids is 1. The lowest BCUT2D eigenvalue weighted by Gasteiger charge is -2.19. The molecular formula is C18H19N5O. The molecule has 1 aromatic carbocycles. The van der Waals surface area contributed by atoms with E-state index in [9.17, 15) is 4.79 Å². The summed E-state index contributed by atoms with van der Waals surface area (Å²) in [6.07, 6.45) is 4.74. The fourth-order valence-corrected chi connectivity index (χ4v) is 2.26. The molecule has 3 rings (SSSR count). The lowest BCUT2D eigenvalue weighted by Crippen LogP contribution is -2.14. The molecule has 0 fully saturated rings. The second kappa shape index (κ2) is 6.23. The molecule has 0 aliphatic rings. The SMILES string of the molecule is CC(C)(C)c1ccc(C(=O)Nc2ccc(-n3cnnc3)nc2)cc1. The number of carbonyl (C=O) groups is 1. The lowest BCUT2D eigenvalue weighted by atomic mass is 9.87. The Morgan fingerprint density at radius 3 is 2.21 bits per heavy atom. The minimum absolute atomic E-state index is 0.0664. The number of rotatable bonds is 3. The Kier molecular flexibility index (Phi) is 4.12. The highest BCUT2D eigenvalue weighted by Gasteiger charge is 2.14. The van der Waals surface area contributed by atoms with Crippen molar-refractivity contribution in [1.82, 2.24) is 19.7 Å². The minimum Gasteiger partial charge on any atom is -0.321 e. The van der Waals surface area contributed by atoms with Crippen LogP contribution < -0.4 is 5.32 Å². The van der Waals surface area contributed by atoms with Crippen LogP contribution in [-0.4, -0.2) is 25.7 Å². The number of hydrogen-bond donors (Lipinski definition) is 1. The van der Waals surface area contributed by atoms with Crippen LogP contribution in [0.15, 0.2) is 55.2 Å². The largest absolute Gasteiger partial charge is 0.321 e. The number of hydrogen-bond acceptors (Lipinski definition) is 4. The molecule has 6 nitrogen and oxygen atoms in total. The van der Waals surface area contributed by atoms with Gasteiger partial charge in [-0.05, 0) is 35.2 Å². The topological polar surface area (TPSA) is 72.7 Å². The maximum absolute atomic E-state index is 12.3. The highest BCUT2D eigenvalue weighted by atomic mass is 16.1. The second-order valence-electron chi connectivity index (χ2n) is 6.56. The van der Waals surface area contributed by atoms with Gasteiger partial charge in [0, 0.05) is 5.56 Å². The van der Waals surface area contributed by atoms with E-state index in [2.05, 4.69) is 41.3 Å². The molecule has 0 unspecified atom stereocenters. The number of pyridine rings is 1. The van der Waals surface area contributed by atoms with E-state index in [1.54, 1.807) is 35.6 Å². The number of aromatic nitrogens is 4. The van der Waals surface area contributed by atoms with Gasteiger partial charge < -0.3 is 5.32 Å². The molecule has 0 bridgehead atoms. The Morgan fingerprint density at radius 1 is 1.00 bits per heavy atom. The van der Waals surface area contributed by atoms with Crippen molar-refractivity contribution >= 4 is 11.6 Å². The van der Waals surface area contributed by atoms with Gasteiger partial charge in [0.2, 0.25) is 0 Å². The summed E-state index contributed by atoms with van der Waals surface area (Å²) in [6, 6.07) is 11.2. The summed E-state index contributed by atoms with van der Waals surface area (Å²) in [5.41, 5.74) is 2.51. The van der Waals surface area contributed by atoms with E-state index in [0.717, 1.165) is 0 Å². The molecule has 0 aliphatic heterocycles. The standard InChI is InChI=1S/C18H19N5O/c1-18(2,3)14-6-4-13(5-7-14)17(24)22-15-8-9-16(19-10-15)23-11-20-21-12-23/h4-12H,1-3H3,(H,22,24). The molecule has 0 saturated heterocycles. The predicted octanol–water partition coefficient (Wildman–Crippen LogP) is 3.21. The van der Waals surface area contributed by atoms with Gasteiger partial charge >= 0.3 is 0 Å². The van der Waals surface area contributed by atoms with E-state index < -0.39 is 0 Å². The second-order valence-corrected chi connectivity index (χ2v) is 6.56. The van der Waals surface area contributed by atoms with Gasteiger partial charge in [0.15, 0.2) is 0 Å². The Balaban J connectivity index is 1.70. The first-order valence-corrected chi connectivity index (χ1v) is 7.66. The highest BCUT2D eigenvalue weighted by molar-refractivity contribution is 6.04. The number of anilines is 1. The van der Waals surface area contributed by atoms with Crippen molar-refractivity contribution in [3.63, 3.8) is 0 Å². The molecule has 0 saturated carbocycles. The van der Waals surface area contributed by atoms with Gasteiger partial charge in [0.1, 0.15) is 18.5 Å². The van der Waals surface area contributed by atoms with Crippen molar-refractivity contribution in [3.8, 4) is 5.82 Å². The van der Waals surface area contributed by atoms with Gasteiger partial charge in [-0.2, -0.15) is 0 Å². The third-order valence-corrected chi connectivity index (χ3v) is 3.70. The smallest absolute Gasteiger partial charge is 0.255 e. The van der Waals surface area contributed by atoms with Crippen molar-refractivity contribution in [2.45, 2.75) is 26.2 Å². The fourth-order valence-electron chi connectivity index (χ4n) is 2.26. The molecule has 0 aliphatic carbocycles. The van der Waals surface area contributed by atoms with Gasteiger partial charge in [-0.3, -0.25) is 9.36 Å². The van der Waals surface area contributed by atoms with Crippen LogP contribution in [0.2, 0.25) is 0 Å². The van der Waals surface area contributed by atoms with E-state index in [-0.39, 0.29) is 11.3 Å². The highest BCUT2D eigenvalue weighted by Crippen LogP contribution is 2.22. The van der Waals surface area contributed by atoms with E-state index in [1.807, 2.05) is 24.3 Å². The zero-order valence-corrected chi connectivity index (χ0v) is 13.9. The normalized spacial score (nSPS) is 11.3. The Hall–Kier alpha value is -3.02. The summed E-state index contributed by atoms with van der Waals surface area (Å²) in [5.74, 6) is 0.529. The maximum atomic E-state index is 12.3. The lowest BCUT2D eigenvalue weighted by molar-refractivity contribution is 0.102. The predicted molar refractivity (Wildman–Crippen MR) is 92.2 cm³/mol. The molecule has 2 heterocycles. The van der Waals surface area contributed by atoms with E-state index in [1.165, 1.54) is 5.56 Å². The fraction of sp³-hybridized carbons (Fsp3) is 0.222. The number of benzene rings is 1. The Bertz CT molecular complexity index is 815. The molecule has 6 heteroatoms. The van der Waals surface area contributed by atoms with Crippen LogP contribution in [0.4, 0.5) is 5.69 Å². The third kappa shape index (κ3) is 3.48. The molecule has 24 heavy (non-hydrogen) atoms. The average molecular weight is 321 g/mol. The third-order valence-electron chi connectivity index (χ3n) is 3.70. The summed E-state index contributed by atoms with van der Waals surface area (Å²) in [6.45, 7) is 6.43. The van der Waals surface area contributed by atoms with E-state index in [4.69, 9.17) is 0 Å². The van der Waals surface area contributed by atoms with Gasteiger partial charge in [-0.1, -0.05) is 32.9 Å². The van der Waals surface area contributed by atoms with Crippen molar-refractivity contribution in [3.05, 3.63) is 66.4 Å². The van der Waals surface area contributed by atoms with Crippen LogP contribution in [0.25, 0.3) is 5.82 Å². The minimum atomic E-state index is -0.158. The quantitative estimate of drug-likeness (QED) is 0.804. The van der Waals surface area contributed by atoms with Gasteiger partial charge in [-0.15, -0.1) is 10.2 Å². The summed E-state index contributed by atoms with van der Waals surface area (Å²) in [4.78, 5) is 16.6. The van der Waals surface area contributed by atoms with Crippen molar-refractivity contribution < 1.29 is 4.79 Å². The van der Waals surface area contributed by atoms with E-state index >= 15 is 0 Å². The summed E-state index contributed by atoms with van der Waals surface area (Å²) in [7, 11) is 0. The zero-order chi connectivity index (χ0) is 17.2. The van der Waals surface area contributed by atoms with Crippen molar-refractivity contribution in [2.75, 3.05) is 5.32 Å². The first kappa shape index (κ1) is 15.9. The molecule has 1 amide bonds. The molecule has 2 aromatic heterocycles. The summed E-state index contributed by atoms with van der Waals surface area (Å²) >= 11 is 0. The Morgan fingerprint density at radius 2 is 1.67 bits per heavy atom. The number of amides is 1. The van der Waals surface area contributed by atoms with Crippen LogP contribution in [0.5, 0.6) is 0 Å². The summed E-state index contributed by atoms with van der Waals surface area (Å²) in [5, 5.41) is 10.3. The van der Waals surface area contributed by atoms with Crippen LogP contribution in [0.3, 0.4) is 0 Å². The molecule has 0 atom stereocenters. The first-order chi connectivity index (χ1) is 11.4. The average Bonchev–Trinajstić information content (AvgIpc) is 3.09. The van der Waals surface area contributed by atoms with Crippen LogP contribution in [0, 0.1) is 0 Å². The van der Waals surface area contributed by atoms with Gasteiger partial charge in [-0.25, -0.2) is 4.98 Å². The molecule has 0 spiro atoms. The zero-order valence-electron chi connectivity index (χ0n) is 13.9. The van der Waals surface area contributed by atoms with Crippen LogP contribution in [-0.2, 0) is 5.41 Å². The maximum Gasteiger partial charge on any atom is 0.255 e. The molecule has 122 valence electrons.